The molecule has 0 spiro atoms. The number of carbonyl (C=O) groups is 2. The van der Waals surface area contributed by atoms with Crippen molar-refractivity contribution in [2.24, 2.45) is 0 Å². The lowest BCUT2D eigenvalue weighted by Crippen LogP contribution is -2.24. The zero-order chi connectivity index (χ0) is 10.6. The number of aromatic nitrogens is 1. The van der Waals surface area contributed by atoms with Crippen molar-refractivity contribution < 1.29 is 14.7 Å². The minimum atomic E-state index is -1.20. The molecule has 0 saturated heterocycles. The van der Waals surface area contributed by atoms with Gasteiger partial charge in [-0.1, -0.05) is 0 Å². The Morgan fingerprint density at radius 2 is 2.36 bits per heavy atom. The van der Waals surface area contributed by atoms with Crippen LogP contribution in [0.4, 0.5) is 5.13 Å². The molecule has 1 N–H and O–H groups in total. The molecular formula is C7H6ClN2O3S-. The number of hydrogen-bond donors (Lipinski definition) is 1. The lowest BCUT2D eigenvalue weighted by molar-refractivity contribution is -0.304. The Kier molecular flexibility index (Phi) is 3.84. The highest BCUT2D eigenvalue weighted by Gasteiger charge is 2.05. The largest absolute Gasteiger partial charge is 0.550 e. The highest BCUT2D eigenvalue weighted by Crippen LogP contribution is 2.15. The van der Waals surface area contributed by atoms with Crippen LogP contribution >= 0.6 is 22.9 Å². The molecule has 0 saturated carbocycles. The maximum absolute atomic E-state index is 10.8. The lowest BCUT2D eigenvalue weighted by atomic mass is 10.3. The summed E-state index contributed by atoms with van der Waals surface area (Å²) in [5, 5.41) is 14.5. The van der Waals surface area contributed by atoms with E-state index in [2.05, 4.69) is 10.3 Å². The van der Waals surface area contributed by atoms with Crippen molar-refractivity contribution >= 4 is 39.9 Å². The lowest BCUT2D eigenvalue weighted by Gasteiger charge is -1.97. The summed E-state index contributed by atoms with van der Waals surface area (Å²) in [5.41, 5.74) is 0.361. The fraction of sp³-hybridized carbons (Fsp3) is 0.286. The number of anilines is 1. The first-order valence-corrected chi connectivity index (χ1v) is 5.03. The predicted molar refractivity (Wildman–Crippen MR) is 50.2 cm³/mol. The van der Waals surface area contributed by atoms with E-state index in [4.69, 9.17) is 11.6 Å². The molecule has 14 heavy (non-hydrogen) atoms. The Bertz CT molecular complexity index is 352. The van der Waals surface area contributed by atoms with Gasteiger partial charge in [0.05, 0.1) is 5.69 Å². The number of carbonyl (C=O) groups excluding carboxylic acids is 2. The molecular weight excluding hydrogens is 228 g/mol. The second kappa shape index (κ2) is 4.92. The average Bonchev–Trinajstić information content (AvgIpc) is 2.51. The van der Waals surface area contributed by atoms with Gasteiger partial charge in [0.15, 0.2) is 5.13 Å². The molecule has 1 heterocycles. The molecule has 0 atom stereocenters. The molecule has 0 fully saturated rings. The maximum Gasteiger partial charge on any atom is 0.241 e. The summed E-state index contributed by atoms with van der Waals surface area (Å²) >= 11 is 6.40. The van der Waals surface area contributed by atoms with Crippen LogP contribution in [-0.4, -0.2) is 22.7 Å². The van der Waals surface area contributed by atoms with Crippen LogP contribution in [0.3, 0.4) is 0 Å². The van der Waals surface area contributed by atoms with Gasteiger partial charge in [-0.2, -0.15) is 0 Å². The number of nitrogens with one attached hydrogen (secondary N) is 1. The molecule has 1 aromatic heterocycles. The molecule has 0 unspecified atom stereocenters. The Morgan fingerprint density at radius 1 is 1.64 bits per heavy atom. The van der Waals surface area contributed by atoms with E-state index in [-0.39, 0.29) is 18.2 Å². The van der Waals surface area contributed by atoms with Crippen LogP contribution in [0.15, 0.2) is 5.38 Å². The molecule has 1 aromatic rings. The zero-order valence-corrected chi connectivity index (χ0v) is 8.52. The van der Waals surface area contributed by atoms with Gasteiger partial charge >= 0.3 is 0 Å². The molecule has 0 bridgehead atoms. The molecule has 76 valence electrons. The van der Waals surface area contributed by atoms with Crippen LogP contribution in [-0.2, 0) is 16.0 Å². The molecule has 7 heteroatoms. The summed E-state index contributed by atoms with van der Waals surface area (Å²) in [6.07, 6.45) is -0.257. The van der Waals surface area contributed by atoms with Crippen LogP contribution < -0.4 is 10.4 Å². The summed E-state index contributed by atoms with van der Waals surface area (Å²) < 4.78 is 0. The van der Waals surface area contributed by atoms with Gasteiger partial charge in [-0.3, -0.25) is 4.79 Å². The summed E-state index contributed by atoms with van der Waals surface area (Å²) in [4.78, 5) is 24.9. The number of rotatable bonds is 4. The highest BCUT2D eigenvalue weighted by atomic mass is 35.5. The van der Waals surface area contributed by atoms with Gasteiger partial charge in [0.1, 0.15) is 5.88 Å². The van der Waals surface area contributed by atoms with Crippen LogP contribution in [0.2, 0.25) is 0 Å². The van der Waals surface area contributed by atoms with Gasteiger partial charge < -0.3 is 15.2 Å². The standard InChI is InChI=1S/C7H7ClN2O3S/c8-2-5(11)10-7-9-4(3-14-7)1-6(12)13/h3H,1-2H2,(H,12,13)(H,9,10,11)/p-1. The molecule has 5 nitrogen and oxygen atoms in total. The van der Waals surface area contributed by atoms with Gasteiger partial charge in [0, 0.05) is 17.8 Å². The zero-order valence-electron chi connectivity index (χ0n) is 6.95. The Balaban J connectivity index is 2.59. The fourth-order valence-electron chi connectivity index (χ4n) is 0.746. The van der Waals surface area contributed by atoms with Gasteiger partial charge in [0.2, 0.25) is 5.91 Å². The van der Waals surface area contributed by atoms with Crippen molar-refractivity contribution in [3.05, 3.63) is 11.1 Å². The number of carboxylic acid groups (broad SMARTS) is 1. The monoisotopic (exact) mass is 233 g/mol. The number of alkyl halides is 1. The van der Waals surface area contributed by atoms with Crippen LogP contribution in [0.25, 0.3) is 0 Å². The van der Waals surface area contributed by atoms with Crippen molar-refractivity contribution in [1.82, 2.24) is 4.98 Å². The number of hydrogen-bond acceptors (Lipinski definition) is 5. The number of thiazole rings is 1. The van der Waals surface area contributed by atoms with Crippen molar-refractivity contribution in [2.75, 3.05) is 11.2 Å². The van der Waals surface area contributed by atoms with Crippen molar-refractivity contribution in [1.29, 1.82) is 0 Å². The summed E-state index contributed by atoms with van der Waals surface area (Å²) in [7, 11) is 0. The number of nitrogens with zero attached hydrogens (tertiary/aromatic N) is 1. The van der Waals surface area contributed by atoms with Crippen LogP contribution in [0, 0.1) is 0 Å². The topological polar surface area (TPSA) is 82.1 Å². The van der Waals surface area contributed by atoms with Gasteiger partial charge in [-0.25, -0.2) is 4.98 Å². The maximum atomic E-state index is 10.8. The van der Waals surface area contributed by atoms with E-state index in [1.54, 1.807) is 5.38 Å². The van der Waals surface area contributed by atoms with Crippen LogP contribution in [0.1, 0.15) is 5.69 Å². The average molecular weight is 234 g/mol. The second-order valence-corrected chi connectivity index (χ2v) is 3.50. The highest BCUT2D eigenvalue weighted by molar-refractivity contribution is 7.14. The third kappa shape index (κ3) is 3.31. The van der Waals surface area contributed by atoms with Gasteiger partial charge in [0.25, 0.3) is 0 Å². The van der Waals surface area contributed by atoms with E-state index in [9.17, 15) is 14.7 Å². The predicted octanol–water partition coefficient (Wildman–Crippen LogP) is -0.387. The SMILES string of the molecule is O=C([O-])Cc1csc(NC(=O)CCl)n1. The number of halogens is 1. The first-order chi connectivity index (χ1) is 6.61. The molecule has 1 amide bonds. The third-order valence-corrected chi connectivity index (χ3v) is 2.29. The van der Waals surface area contributed by atoms with Gasteiger partial charge in [-0.15, -0.1) is 22.9 Å². The van der Waals surface area contributed by atoms with Crippen molar-refractivity contribution in [3.63, 3.8) is 0 Å². The van der Waals surface area contributed by atoms with E-state index >= 15 is 0 Å². The van der Waals surface area contributed by atoms with Crippen molar-refractivity contribution in [2.45, 2.75) is 6.42 Å². The van der Waals surface area contributed by atoms with E-state index in [0.29, 0.717) is 10.8 Å². The van der Waals surface area contributed by atoms with Gasteiger partial charge in [-0.05, 0) is 0 Å². The molecule has 0 radical (unpaired) electrons. The quantitative estimate of drug-likeness (QED) is 0.719. The van der Waals surface area contributed by atoms with E-state index in [1.807, 2.05) is 0 Å². The minimum absolute atomic E-state index is 0.157. The molecule has 0 aliphatic heterocycles. The minimum Gasteiger partial charge on any atom is -0.550 e. The molecule has 0 aromatic carbocycles. The van der Waals surface area contributed by atoms with E-state index < -0.39 is 5.97 Å². The Labute approximate surface area is 88.7 Å². The third-order valence-electron chi connectivity index (χ3n) is 1.24. The fourth-order valence-corrected chi connectivity index (χ4v) is 1.54. The summed E-state index contributed by atoms with van der Waals surface area (Å²) in [5.74, 6) is -1.73. The number of aliphatic carboxylic acids is 1. The van der Waals surface area contributed by atoms with Crippen molar-refractivity contribution in [3.8, 4) is 0 Å². The number of carboxylic acids is 1. The first-order valence-electron chi connectivity index (χ1n) is 3.62. The molecule has 1 rings (SSSR count). The van der Waals surface area contributed by atoms with Crippen LogP contribution in [0.5, 0.6) is 0 Å². The summed E-state index contributed by atoms with van der Waals surface area (Å²) in [6, 6.07) is 0. The second-order valence-electron chi connectivity index (χ2n) is 2.37. The first kappa shape index (κ1) is 10.9. The normalized spacial score (nSPS) is 9.79. The van der Waals surface area contributed by atoms with E-state index in [0.717, 1.165) is 11.3 Å². The smallest absolute Gasteiger partial charge is 0.241 e. The summed E-state index contributed by atoms with van der Waals surface area (Å²) in [6.45, 7) is 0. The Hall–Kier alpha value is -1.14. The molecule has 0 aliphatic carbocycles. The van der Waals surface area contributed by atoms with E-state index in [1.165, 1.54) is 0 Å². The Morgan fingerprint density at radius 3 is 2.93 bits per heavy atom. The number of amides is 1. The molecule has 0 aliphatic rings.